The minimum atomic E-state index is -1.32. The van der Waals surface area contributed by atoms with Gasteiger partial charge in [0, 0.05) is 24.4 Å². The average Bonchev–Trinajstić information content (AvgIpc) is 3.26. The predicted octanol–water partition coefficient (Wildman–Crippen LogP) is 2.92. The van der Waals surface area contributed by atoms with Crippen molar-refractivity contribution in [2.24, 2.45) is 7.05 Å². The first-order valence-electron chi connectivity index (χ1n) is 8.11. The van der Waals surface area contributed by atoms with Crippen LogP contribution in [-0.4, -0.2) is 30.5 Å². The number of aromatic hydroxyl groups is 1. The van der Waals surface area contributed by atoms with Gasteiger partial charge in [0.25, 0.3) is 5.56 Å². The van der Waals surface area contributed by atoms with Crippen LogP contribution in [0.3, 0.4) is 0 Å². The van der Waals surface area contributed by atoms with Gasteiger partial charge in [-0.15, -0.1) is 11.3 Å². The lowest BCUT2D eigenvalue weighted by molar-refractivity contribution is 0.0695. The Balaban J connectivity index is 1.91. The van der Waals surface area contributed by atoms with Crippen molar-refractivity contribution < 1.29 is 15.0 Å². The van der Waals surface area contributed by atoms with Gasteiger partial charge in [0.1, 0.15) is 5.56 Å². The van der Waals surface area contributed by atoms with E-state index in [2.05, 4.69) is 5.10 Å². The van der Waals surface area contributed by atoms with Crippen molar-refractivity contribution >= 4 is 27.5 Å². The molecule has 0 spiro atoms. The highest BCUT2D eigenvalue weighted by molar-refractivity contribution is 7.17. The summed E-state index contributed by atoms with van der Waals surface area (Å²) in [6, 6.07) is 11.3. The zero-order valence-electron chi connectivity index (χ0n) is 14.3. The molecule has 0 saturated carbocycles. The van der Waals surface area contributed by atoms with E-state index in [0.717, 1.165) is 16.8 Å². The number of carbonyl (C=O) groups is 1. The number of aromatic carboxylic acids is 1. The van der Waals surface area contributed by atoms with Crippen LogP contribution in [0.15, 0.2) is 52.8 Å². The fraction of sp³-hybridized carbons (Fsp3) is 0.105. The molecule has 0 saturated heterocycles. The Morgan fingerprint density at radius 1 is 1.22 bits per heavy atom. The molecule has 1 aromatic carbocycles. The van der Waals surface area contributed by atoms with Crippen LogP contribution in [0.1, 0.15) is 15.9 Å². The maximum atomic E-state index is 12.7. The Kier molecular flexibility index (Phi) is 4.04. The number of rotatable bonds is 4. The molecule has 2 N–H and O–H groups in total. The summed E-state index contributed by atoms with van der Waals surface area (Å²) in [6.45, 7) is 0.164. The van der Waals surface area contributed by atoms with Gasteiger partial charge < -0.3 is 10.2 Å². The zero-order chi connectivity index (χ0) is 19.1. The van der Waals surface area contributed by atoms with Crippen LogP contribution in [0.5, 0.6) is 5.75 Å². The molecule has 8 heteroatoms. The van der Waals surface area contributed by atoms with Gasteiger partial charge in [-0.3, -0.25) is 14.0 Å². The summed E-state index contributed by atoms with van der Waals surface area (Å²) < 4.78 is 3.42. The van der Waals surface area contributed by atoms with E-state index >= 15 is 0 Å². The van der Waals surface area contributed by atoms with Crippen molar-refractivity contribution in [3.05, 3.63) is 69.5 Å². The van der Waals surface area contributed by atoms with Gasteiger partial charge >= 0.3 is 5.97 Å². The van der Waals surface area contributed by atoms with E-state index in [-0.39, 0.29) is 12.1 Å². The summed E-state index contributed by atoms with van der Waals surface area (Å²) in [5.74, 6) is -2.07. The summed E-state index contributed by atoms with van der Waals surface area (Å²) in [6.07, 6.45) is 1.81. The lowest BCUT2D eigenvalue weighted by Gasteiger charge is -2.11. The molecule has 0 fully saturated rings. The number of benzene rings is 1. The molecule has 0 bridgehead atoms. The molecule has 0 atom stereocenters. The SMILES string of the molecule is Cn1cc(Cn2c(=O)c(O)c(C(=O)O)c3sccc32)c(-c2ccccc2)n1. The fourth-order valence-corrected chi connectivity index (χ4v) is 4.11. The third-order valence-corrected chi connectivity index (χ3v) is 5.26. The average molecular weight is 381 g/mol. The normalized spacial score (nSPS) is 11.1. The second-order valence-electron chi connectivity index (χ2n) is 6.10. The first kappa shape index (κ1) is 17.0. The first-order valence-corrected chi connectivity index (χ1v) is 8.99. The van der Waals surface area contributed by atoms with E-state index in [1.165, 1.54) is 15.9 Å². The maximum absolute atomic E-state index is 12.7. The minimum Gasteiger partial charge on any atom is -0.502 e. The molecule has 0 aliphatic carbocycles. The monoisotopic (exact) mass is 381 g/mol. The van der Waals surface area contributed by atoms with Gasteiger partial charge in [0.2, 0.25) is 0 Å². The van der Waals surface area contributed by atoms with E-state index < -0.39 is 17.3 Å². The summed E-state index contributed by atoms with van der Waals surface area (Å²) in [7, 11) is 1.80. The van der Waals surface area contributed by atoms with Crippen molar-refractivity contribution in [3.8, 4) is 17.0 Å². The molecule has 0 amide bonds. The maximum Gasteiger partial charge on any atom is 0.341 e. The van der Waals surface area contributed by atoms with Crippen LogP contribution in [-0.2, 0) is 13.6 Å². The highest BCUT2D eigenvalue weighted by Gasteiger charge is 2.23. The second-order valence-corrected chi connectivity index (χ2v) is 7.01. The van der Waals surface area contributed by atoms with Gasteiger partial charge in [-0.05, 0) is 11.4 Å². The highest BCUT2D eigenvalue weighted by atomic mass is 32.1. The summed E-state index contributed by atoms with van der Waals surface area (Å²) >= 11 is 1.17. The Labute approximate surface area is 157 Å². The number of pyridine rings is 1. The van der Waals surface area contributed by atoms with Crippen LogP contribution >= 0.6 is 11.3 Å². The number of hydrogen-bond acceptors (Lipinski definition) is 5. The summed E-state index contributed by atoms with van der Waals surface area (Å²) in [5.41, 5.74) is 1.82. The number of thiophene rings is 1. The fourth-order valence-electron chi connectivity index (χ4n) is 3.17. The summed E-state index contributed by atoms with van der Waals surface area (Å²) in [4.78, 5) is 24.2. The number of carboxylic acid groups (broad SMARTS) is 1. The molecular formula is C19H15N3O4S. The molecule has 7 nitrogen and oxygen atoms in total. The van der Waals surface area contributed by atoms with Gasteiger partial charge in [-0.1, -0.05) is 30.3 Å². The van der Waals surface area contributed by atoms with Crippen LogP contribution in [0.2, 0.25) is 0 Å². The van der Waals surface area contributed by atoms with Crippen molar-refractivity contribution in [2.75, 3.05) is 0 Å². The van der Waals surface area contributed by atoms with Gasteiger partial charge in [0.15, 0.2) is 5.75 Å². The van der Waals surface area contributed by atoms with Crippen LogP contribution < -0.4 is 5.56 Å². The molecular weight excluding hydrogens is 366 g/mol. The molecule has 0 aliphatic heterocycles. The van der Waals surface area contributed by atoms with E-state index in [0.29, 0.717) is 10.2 Å². The molecule has 0 aliphatic rings. The minimum absolute atomic E-state index is 0.164. The zero-order valence-corrected chi connectivity index (χ0v) is 15.1. The number of carboxylic acids is 1. The molecule has 27 heavy (non-hydrogen) atoms. The third kappa shape index (κ3) is 2.80. The van der Waals surface area contributed by atoms with E-state index in [1.807, 2.05) is 36.5 Å². The molecule has 4 aromatic rings. The first-order chi connectivity index (χ1) is 13.0. The number of nitrogens with zero attached hydrogens (tertiary/aromatic N) is 3. The highest BCUT2D eigenvalue weighted by Crippen LogP contribution is 2.30. The van der Waals surface area contributed by atoms with Crippen LogP contribution in [0.4, 0.5) is 0 Å². The second kappa shape index (κ2) is 6.40. The van der Waals surface area contributed by atoms with Crippen LogP contribution in [0, 0.1) is 0 Å². The van der Waals surface area contributed by atoms with Gasteiger partial charge in [-0.2, -0.15) is 5.10 Å². The number of hydrogen-bond donors (Lipinski definition) is 2. The smallest absolute Gasteiger partial charge is 0.341 e. The lowest BCUT2D eigenvalue weighted by atomic mass is 10.1. The Hall–Kier alpha value is -3.39. The standard InChI is InChI=1S/C19H15N3O4S/c1-21-9-12(15(20-21)11-5-3-2-4-6-11)10-22-13-7-8-27-17(13)14(19(25)26)16(23)18(22)24/h2-9,23H,10H2,1H3,(H,25,26). The van der Waals surface area contributed by atoms with Crippen molar-refractivity contribution in [2.45, 2.75) is 6.54 Å². The topological polar surface area (TPSA) is 97.3 Å². The van der Waals surface area contributed by atoms with Gasteiger partial charge in [-0.25, -0.2) is 4.79 Å². The Morgan fingerprint density at radius 3 is 2.67 bits per heavy atom. The van der Waals surface area contributed by atoms with Crippen LogP contribution in [0.25, 0.3) is 21.5 Å². The number of aromatic nitrogens is 3. The van der Waals surface area contributed by atoms with E-state index in [1.54, 1.807) is 23.2 Å². The largest absolute Gasteiger partial charge is 0.502 e. The Morgan fingerprint density at radius 2 is 1.96 bits per heavy atom. The molecule has 136 valence electrons. The van der Waals surface area contributed by atoms with Crippen molar-refractivity contribution in [3.63, 3.8) is 0 Å². The molecule has 4 rings (SSSR count). The van der Waals surface area contributed by atoms with Gasteiger partial charge in [0.05, 0.1) is 22.5 Å². The number of aryl methyl sites for hydroxylation is 1. The summed E-state index contributed by atoms with van der Waals surface area (Å²) in [5, 5.41) is 25.8. The number of fused-ring (bicyclic) bond motifs is 1. The van der Waals surface area contributed by atoms with E-state index in [4.69, 9.17) is 0 Å². The van der Waals surface area contributed by atoms with E-state index in [9.17, 15) is 19.8 Å². The quantitative estimate of drug-likeness (QED) is 0.566. The molecule has 3 aromatic heterocycles. The van der Waals surface area contributed by atoms with Crippen molar-refractivity contribution in [1.29, 1.82) is 0 Å². The lowest BCUT2D eigenvalue weighted by Crippen LogP contribution is -2.23. The Bertz CT molecular complexity index is 1220. The molecule has 0 unspecified atom stereocenters. The van der Waals surface area contributed by atoms with Crippen molar-refractivity contribution in [1.82, 2.24) is 14.3 Å². The predicted molar refractivity (Wildman–Crippen MR) is 102 cm³/mol. The molecule has 0 radical (unpaired) electrons. The third-order valence-electron chi connectivity index (χ3n) is 4.34. The molecule has 3 heterocycles.